The zero-order valence-corrected chi connectivity index (χ0v) is 12.8. The van der Waals surface area contributed by atoms with Gasteiger partial charge in [-0.05, 0) is 58.9 Å². The number of hydrogen-bond donors (Lipinski definition) is 0. The van der Waals surface area contributed by atoms with Crippen molar-refractivity contribution < 1.29 is 9.31 Å². The van der Waals surface area contributed by atoms with Gasteiger partial charge in [-0.3, -0.25) is 4.98 Å². The summed E-state index contributed by atoms with van der Waals surface area (Å²) in [5.41, 5.74) is 2.15. The summed E-state index contributed by atoms with van der Waals surface area (Å²) < 4.78 is 12.1. The van der Waals surface area contributed by atoms with E-state index in [0.717, 1.165) is 11.4 Å². The fraction of sp³-hybridized carbons (Fsp3) is 0.688. The lowest BCUT2D eigenvalue weighted by Gasteiger charge is -2.61. The van der Waals surface area contributed by atoms with E-state index in [0.29, 0.717) is 5.41 Å². The van der Waals surface area contributed by atoms with Gasteiger partial charge in [-0.25, -0.2) is 0 Å². The molecule has 3 nitrogen and oxygen atoms in total. The van der Waals surface area contributed by atoms with Crippen LogP contribution in [0.3, 0.4) is 0 Å². The fourth-order valence-corrected chi connectivity index (χ4v) is 3.63. The molecule has 0 aromatic carbocycles. The molecule has 1 aromatic rings. The molecule has 1 aliphatic heterocycles. The van der Waals surface area contributed by atoms with E-state index >= 15 is 0 Å². The van der Waals surface area contributed by atoms with Crippen molar-refractivity contribution in [2.45, 2.75) is 63.6 Å². The zero-order chi connectivity index (χ0) is 14.2. The number of nitrogens with zero attached hydrogens (tertiary/aromatic N) is 1. The molecule has 2 bridgehead atoms. The van der Waals surface area contributed by atoms with E-state index in [1.807, 2.05) is 6.20 Å². The van der Waals surface area contributed by atoms with E-state index in [1.165, 1.54) is 25.0 Å². The molecule has 0 spiro atoms. The van der Waals surface area contributed by atoms with Crippen molar-refractivity contribution in [2.24, 2.45) is 5.92 Å². The monoisotopic (exact) mass is 271 g/mol. The Labute approximate surface area is 121 Å². The maximum absolute atomic E-state index is 6.06. The molecular formula is C16H22BNO2. The lowest BCUT2D eigenvalue weighted by Crippen LogP contribution is -2.55. The van der Waals surface area contributed by atoms with Gasteiger partial charge in [0.2, 0.25) is 0 Å². The molecule has 1 saturated heterocycles. The van der Waals surface area contributed by atoms with E-state index in [1.54, 1.807) is 0 Å². The summed E-state index contributed by atoms with van der Waals surface area (Å²) in [4.78, 5) is 4.69. The molecule has 0 unspecified atom stereocenters. The first kappa shape index (κ1) is 12.8. The van der Waals surface area contributed by atoms with Crippen molar-refractivity contribution in [3.8, 4) is 0 Å². The van der Waals surface area contributed by atoms with E-state index in [9.17, 15) is 0 Å². The molecule has 2 heterocycles. The molecule has 106 valence electrons. The van der Waals surface area contributed by atoms with Gasteiger partial charge >= 0.3 is 7.12 Å². The van der Waals surface area contributed by atoms with Gasteiger partial charge in [0, 0.05) is 22.8 Å². The van der Waals surface area contributed by atoms with Crippen LogP contribution in [0.5, 0.6) is 0 Å². The molecule has 0 atom stereocenters. The third kappa shape index (κ3) is 1.58. The summed E-state index contributed by atoms with van der Waals surface area (Å²) in [7, 11) is -0.297. The van der Waals surface area contributed by atoms with Gasteiger partial charge in [-0.2, -0.15) is 0 Å². The molecule has 4 aliphatic rings. The molecule has 3 aliphatic carbocycles. The summed E-state index contributed by atoms with van der Waals surface area (Å²) in [5.74, 6) is 0.986. The highest BCUT2D eigenvalue weighted by atomic mass is 16.7. The zero-order valence-electron chi connectivity index (χ0n) is 12.8. The number of hydrogen-bond acceptors (Lipinski definition) is 3. The van der Waals surface area contributed by atoms with E-state index in [-0.39, 0.29) is 18.3 Å². The van der Waals surface area contributed by atoms with Gasteiger partial charge < -0.3 is 9.31 Å². The van der Waals surface area contributed by atoms with Gasteiger partial charge in [0.25, 0.3) is 0 Å². The minimum Gasteiger partial charge on any atom is -0.399 e. The Bertz CT molecular complexity index is 519. The standard InChI is InChI=1S/C16H22BNO2/c1-14(2)15(3,4)20-17(19-14)12-5-6-13(18-10-12)16-7-11(8-16)9-16/h5-6,10-11H,7-9H2,1-4H3. The average molecular weight is 271 g/mol. The van der Waals surface area contributed by atoms with Gasteiger partial charge in [0.1, 0.15) is 0 Å². The lowest BCUT2D eigenvalue weighted by atomic mass is 9.43. The summed E-state index contributed by atoms with van der Waals surface area (Å²) in [6.07, 6.45) is 5.97. The first-order valence-electron chi connectivity index (χ1n) is 7.63. The Balaban J connectivity index is 1.55. The highest BCUT2D eigenvalue weighted by Gasteiger charge is 2.58. The van der Waals surface area contributed by atoms with Crippen LogP contribution < -0.4 is 5.46 Å². The van der Waals surface area contributed by atoms with Gasteiger partial charge in [-0.15, -0.1) is 0 Å². The van der Waals surface area contributed by atoms with E-state index < -0.39 is 0 Å². The van der Waals surface area contributed by atoms with Crippen molar-refractivity contribution in [3.05, 3.63) is 24.0 Å². The largest absolute Gasteiger partial charge is 0.496 e. The minimum atomic E-state index is -0.297. The van der Waals surface area contributed by atoms with Crippen LogP contribution in [-0.2, 0) is 14.7 Å². The number of pyridine rings is 1. The minimum absolute atomic E-state index is 0.288. The van der Waals surface area contributed by atoms with Crippen LogP contribution in [0, 0.1) is 5.92 Å². The first-order valence-corrected chi connectivity index (χ1v) is 7.63. The molecule has 0 amide bonds. The van der Waals surface area contributed by atoms with Crippen LogP contribution in [0.25, 0.3) is 0 Å². The number of rotatable bonds is 2. The predicted molar refractivity (Wildman–Crippen MR) is 79.0 cm³/mol. The fourth-order valence-electron chi connectivity index (χ4n) is 3.63. The Kier molecular flexibility index (Phi) is 2.35. The molecular weight excluding hydrogens is 249 g/mol. The molecule has 3 saturated carbocycles. The van der Waals surface area contributed by atoms with Gasteiger partial charge in [0.15, 0.2) is 0 Å². The topological polar surface area (TPSA) is 31.4 Å². The molecule has 1 aromatic heterocycles. The van der Waals surface area contributed by atoms with Crippen molar-refractivity contribution in [3.63, 3.8) is 0 Å². The van der Waals surface area contributed by atoms with E-state index in [4.69, 9.17) is 14.3 Å². The summed E-state index contributed by atoms with van der Waals surface area (Å²) in [5, 5.41) is 0. The van der Waals surface area contributed by atoms with E-state index in [2.05, 4.69) is 39.8 Å². The maximum atomic E-state index is 6.06. The quantitative estimate of drug-likeness (QED) is 0.774. The Morgan fingerprint density at radius 3 is 2.05 bits per heavy atom. The molecule has 0 radical (unpaired) electrons. The van der Waals surface area contributed by atoms with Crippen LogP contribution >= 0.6 is 0 Å². The third-order valence-corrected chi connectivity index (χ3v) is 5.89. The second-order valence-corrected chi connectivity index (χ2v) is 7.82. The Morgan fingerprint density at radius 1 is 1.05 bits per heavy atom. The maximum Gasteiger partial charge on any atom is 0.496 e. The molecule has 20 heavy (non-hydrogen) atoms. The third-order valence-electron chi connectivity index (χ3n) is 5.89. The van der Waals surface area contributed by atoms with Crippen LogP contribution in [0.1, 0.15) is 52.7 Å². The predicted octanol–water partition coefficient (Wildman–Crippen LogP) is 2.43. The van der Waals surface area contributed by atoms with Crippen LogP contribution in [0.4, 0.5) is 0 Å². The molecule has 5 rings (SSSR count). The second-order valence-electron chi connectivity index (χ2n) is 7.82. The van der Waals surface area contributed by atoms with Gasteiger partial charge in [0.05, 0.1) is 11.2 Å². The van der Waals surface area contributed by atoms with Crippen molar-refractivity contribution >= 4 is 12.6 Å². The average Bonchev–Trinajstić information content (AvgIpc) is 2.45. The number of aromatic nitrogens is 1. The summed E-state index contributed by atoms with van der Waals surface area (Å²) in [6, 6.07) is 4.31. The normalized spacial score (nSPS) is 36.4. The SMILES string of the molecule is CC1(C)OB(c2ccc(C34CC(C3)C4)nc2)OC1(C)C. The molecule has 4 fully saturated rings. The van der Waals surface area contributed by atoms with Crippen LogP contribution in [-0.4, -0.2) is 23.3 Å². The van der Waals surface area contributed by atoms with Gasteiger partial charge in [-0.1, -0.05) is 6.07 Å². The first-order chi connectivity index (χ1) is 9.31. The Morgan fingerprint density at radius 2 is 1.65 bits per heavy atom. The Hall–Kier alpha value is -0.865. The molecule has 4 heteroatoms. The highest BCUT2D eigenvalue weighted by Crippen LogP contribution is 2.64. The lowest BCUT2D eigenvalue weighted by molar-refractivity contribution is -0.0308. The highest BCUT2D eigenvalue weighted by molar-refractivity contribution is 6.62. The summed E-state index contributed by atoms with van der Waals surface area (Å²) in [6.45, 7) is 8.32. The summed E-state index contributed by atoms with van der Waals surface area (Å²) >= 11 is 0. The van der Waals surface area contributed by atoms with Crippen LogP contribution in [0.15, 0.2) is 18.3 Å². The van der Waals surface area contributed by atoms with Crippen LogP contribution in [0.2, 0.25) is 0 Å². The second kappa shape index (κ2) is 3.66. The smallest absolute Gasteiger partial charge is 0.399 e. The van der Waals surface area contributed by atoms with Crippen molar-refractivity contribution in [1.82, 2.24) is 4.98 Å². The molecule has 0 N–H and O–H groups in total. The van der Waals surface area contributed by atoms with Crippen molar-refractivity contribution in [2.75, 3.05) is 0 Å². The van der Waals surface area contributed by atoms with Crippen molar-refractivity contribution in [1.29, 1.82) is 0 Å².